The molecule has 5 nitrogen and oxygen atoms in total. The van der Waals surface area contributed by atoms with E-state index >= 15 is 0 Å². The highest BCUT2D eigenvalue weighted by molar-refractivity contribution is 5.88. The van der Waals surface area contributed by atoms with E-state index in [0.717, 1.165) is 56.3 Å². The summed E-state index contributed by atoms with van der Waals surface area (Å²) in [5.74, 6) is 2.13. The first-order valence-corrected chi connectivity index (χ1v) is 11.0. The third-order valence-corrected chi connectivity index (χ3v) is 8.17. The maximum absolute atomic E-state index is 12.5. The Balaban J connectivity index is 1.13. The van der Waals surface area contributed by atoms with E-state index in [2.05, 4.69) is 5.32 Å². The number of Topliss-reactive ketones (excluding diaryl/α,β-unsaturated/α-hetero) is 1. The number of esters is 1. The number of amides is 1. The van der Waals surface area contributed by atoms with Crippen molar-refractivity contribution in [1.29, 1.82) is 0 Å². The van der Waals surface area contributed by atoms with E-state index in [1.165, 1.54) is 19.3 Å². The third-order valence-electron chi connectivity index (χ3n) is 8.17. The molecule has 6 fully saturated rings. The number of carbonyl (C=O) groups is 3. The second-order valence-corrected chi connectivity index (χ2v) is 10.2. The summed E-state index contributed by atoms with van der Waals surface area (Å²) in [4.78, 5) is 37.2. The van der Waals surface area contributed by atoms with Crippen LogP contribution in [0.5, 0.6) is 0 Å². The minimum atomic E-state index is -0.278. The minimum absolute atomic E-state index is 0.0352. The molecule has 6 aliphatic rings. The Labute approximate surface area is 161 Å². The number of rotatable bonds is 4. The van der Waals surface area contributed by atoms with Gasteiger partial charge in [-0.25, -0.2) is 0 Å². The molecule has 6 bridgehead atoms. The largest absolute Gasteiger partial charge is 0.455 e. The Morgan fingerprint density at radius 1 is 0.926 bits per heavy atom. The molecule has 1 amide bonds. The summed E-state index contributed by atoms with van der Waals surface area (Å²) < 4.78 is 5.40. The molecule has 1 unspecified atom stereocenters. The van der Waals surface area contributed by atoms with Gasteiger partial charge in [-0.3, -0.25) is 14.4 Å². The van der Waals surface area contributed by atoms with Gasteiger partial charge >= 0.3 is 5.97 Å². The van der Waals surface area contributed by atoms with Crippen LogP contribution in [0.4, 0.5) is 0 Å². The molecular formula is C22H31NO4. The zero-order valence-corrected chi connectivity index (χ0v) is 16.1. The molecule has 148 valence electrons. The van der Waals surface area contributed by atoms with Crippen molar-refractivity contribution < 1.29 is 19.1 Å². The molecule has 0 aliphatic heterocycles. The van der Waals surface area contributed by atoms with Crippen LogP contribution in [0.2, 0.25) is 0 Å². The van der Waals surface area contributed by atoms with Crippen LogP contribution in [-0.4, -0.2) is 29.8 Å². The number of ether oxygens (including phenoxy) is 1. The number of fused-ring (bicyclic) bond motifs is 2. The van der Waals surface area contributed by atoms with Crippen molar-refractivity contribution in [3.05, 3.63) is 0 Å². The lowest BCUT2D eigenvalue weighted by Gasteiger charge is -2.56. The van der Waals surface area contributed by atoms with Crippen LogP contribution in [0.15, 0.2) is 0 Å². The van der Waals surface area contributed by atoms with Gasteiger partial charge in [0.1, 0.15) is 5.78 Å². The van der Waals surface area contributed by atoms with E-state index in [-0.39, 0.29) is 41.8 Å². The predicted molar refractivity (Wildman–Crippen MR) is 98.6 cm³/mol. The van der Waals surface area contributed by atoms with Gasteiger partial charge in [-0.1, -0.05) is 6.42 Å². The predicted octanol–water partition coefficient (Wildman–Crippen LogP) is 3.01. The molecule has 6 rings (SSSR count). The summed E-state index contributed by atoms with van der Waals surface area (Å²) in [7, 11) is 0. The maximum atomic E-state index is 12.5. The summed E-state index contributed by atoms with van der Waals surface area (Å²) in [6, 6.07) is 0. The molecule has 5 heteroatoms. The van der Waals surface area contributed by atoms with Crippen molar-refractivity contribution in [3.63, 3.8) is 0 Å². The van der Waals surface area contributed by atoms with E-state index in [1.807, 2.05) is 0 Å². The fourth-order valence-corrected chi connectivity index (χ4v) is 7.52. The van der Waals surface area contributed by atoms with Gasteiger partial charge in [0, 0.05) is 17.4 Å². The lowest BCUT2D eigenvalue weighted by Crippen LogP contribution is -2.60. The van der Waals surface area contributed by atoms with Gasteiger partial charge < -0.3 is 10.1 Å². The SMILES string of the molecule is O=C(COC(=O)C1C[C@H]2CCC[C@@H](C1)C2=O)NC12CC3CC(CC(C3)C1)C2. The quantitative estimate of drug-likeness (QED) is 0.769. The van der Waals surface area contributed by atoms with E-state index in [4.69, 9.17) is 4.74 Å². The topological polar surface area (TPSA) is 72.5 Å². The molecule has 0 spiro atoms. The molecule has 0 radical (unpaired) electrons. The minimum Gasteiger partial charge on any atom is -0.455 e. The van der Waals surface area contributed by atoms with Gasteiger partial charge in [0.05, 0.1) is 5.92 Å². The summed E-state index contributed by atoms with van der Waals surface area (Å²) in [5.41, 5.74) is -0.0352. The maximum Gasteiger partial charge on any atom is 0.309 e. The van der Waals surface area contributed by atoms with E-state index in [1.54, 1.807) is 0 Å². The average molecular weight is 373 g/mol. The fraction of sp³-hybridized carbons (Fsp3) is 0.864. The normalized spacial score (nSPS) is 44.8. The highest BCUT2D eigenvalue weighted by atomic mass is 16.5. The van der Waals surface area contributed by atoms with Crippen LogP contribution in [0.3, 0.4) is 0 Å². The van der Waals surface area contributed by atoms with Crippen molar-refractivity contribution in [1.82, 2.24) is 5.32 Å². The molecule has 3 atom stereocenters. The Morgan fingerprint density at radius 2 is 1.48 bits per heavy atom. The molecule has 6 saturated carbocycles. The van der Waals surface area contributed by atoms with Crippen LogP contribution in [0, 0.1) is 35.5 Å². The first-order chi connectivity index (χ1) is 13.0. The van der Waals surface area contributed by atoms with E-state index in [9.17, 15) is 14.4 Å². The van der Waals surface area contributed by atoms with Gasteiger partial charge in [0.2, 0.25) is 0 Å². The van der Waals surface area contributed by atoms with Gasteiger partial charge in [-0.2, -0.15) is 0 Å². The number of carbonyl (C=O) groups excluding carboxylic acids is 3. The van der Waals surface area contributed by atoms with Gasteiger partial charge in [-0.05, 0) is 82.0 Å². The number of nitrogens with one attached hydrogen (secondary N) is 1. The smallest absolute Gasteiger partial charge is 0.309 e. The van der Waals surface area contributed by atoms with Gasteiger partial charge in [-0.15, -0.1) is 0 Å². The van der Waals surface area contributed by atoms with Crippen molar-refractivity contribution in [3.8, 4) is 0 Å². The molecular weight excluding hydrogens is 342 g/mol. The Morgan fingerprint density at radius 3 is 2.04 bits per heavy atom. The van der Waals surface area contributed by atoms with E-state index in [0.29, 0.717) is 18.6 Å². The number of hydrogen-bond donors (Lipinski definition) is 1. The summed E-state index contributed by atoms with van der Waals surface area (Å²) in [6.07, 6.45) is 11.5. The van der Waals surface area contributed by atoms with Gasteiger partial charge in [0.15, 0.2) is 6.61 Å². The Hall–Kier alpha value is -1.39. The van der Waals surface area contributed by atoms with Crippen LogP contribution in [0.1, 0.15) is 70.6 Å². The van der Waals surface area contributed by atoms with Crippen molar-refractivity contribution in [2.75, 3.05) is 6.61 Å². The summed E-state index contributed by atoms with van der Waals surface area (Å²) in [6.45, 7) is -0.166. The van der Waals surface area contributed by atoms with Crippen LogP contribution in [-0.2, 0) is 19.1 Å². The van der Waals surface area contributed by atoms with Crippen LogP contribution >= 0.6 is 0 Å². The molecule has 0 aromatic carbocycles. The first-order valence-electron chi connectivity index (χ1n) is 11.0. The summed E-state index contributed by atoms with van der Waals surface area (Å²) in [5, 5.41) is 3.26. The second kappa shape index (κ2) is 6.59. The van der Waals surface area contributed by atoms with Crippen molar-refractivity contribution in [2.24, 2.45) is 35.5 Å². The van der Waals surface area contributed by atoms with Gasteiger partial charge in [0.25, 0.3) is 5.91 Å². The van der Waals surface area contributed by atoms with Crippen molar-refractivity contribution >= 4 is 17.7 Å². The van der Waals surface area contributed by atoms with E-state index < -0.39 is 0 Å². The highest BCUT2D eigenvalue weighted by Crippen LogP contribution is 2.55. The molecule has 0 heterocycles. The highest BCUT2D eigenvalue weighted by Gasteiger charge is 2.51. The Kier molecular flexibility index (Phi) is 4.32. The molecule has 0 saturated heterocycles. The number of ketones is 1. The molecule has 0 aromatic heterocycles. The zero-order chi connectivity index (χ0) is 18.6. The molecule has 6 aliphatic carbocycles. The lowest BCUT2D eigenvalue weighted by atomic mass is 9.53. The first kappa shape index (κ1) is 17.7. The average Bonchev–Trinajstić information content (AvgIpc) is 2.57. The number of hydrogen-bond acceptors (Lipinski definition) is 4. The molecule has 1 N–H and O–H groups in total. The van der Waals surface area contributed by atoms with Crippen molar-refractivity contribution in [2.45, 2.75) is 76.2 Å². The monoisotopic (exact) mass is 373 g/mol. The third kappa shape index (κ3) is 3.31. The molecule has 0 aromatic rings. The molecule has 27 heavy (non-hydrogen) atoms. The lowest BCUT2D eigenvalue weighted by molar-refractivity contribution is -0.157. The Bertz CT molecular complexity index is 605. The summed E-state index contributed by atoms with van der Waals surface area (Å²) >= 11 is 0. The standard InChI is InChI=1S/C22H31NO4/c24-19(23-22-9-13-4-14(10-22)6-15(5-13)11-22)12-27-21(26)18-7-16-2-1-3-17(8-18)20(16)25/h13-18H,1-12H2,(H,23,24)/t13?,14?,15?,16-,17+,18?,22?. The second-order valence-electron chi connectivity index (χ2n) is 10.2. The fourth-order valence-electron chi connectivity index (χ4n) is 7.52. The van der Waals surface area contributed by atoms with Crippen LogP contribution in [0.25, 0.3) is 0 Å². The van der Waals surface area contributed by atoms with Crippen LogP contribution < -0.4 is 5.32 Å². The zero-order valence-electron chi connectivity index (χ0n) is 16.1.